The number of carbonyl (C=O) groups is 2. The maximum absolute atomic E-state index is 12.2. The Morgan fingerprint density at radius 3 is 2.85 bits per heavy atom. The summed E-state index contributed by atoms with van der Waals surface area (Å²) in [5.41, 5.74) is 0.161. The molecule has 2 aliphatic rings. The molecule has 3 heterocycles. The van der Waals surface area contributed by atoms with Gasteiger partial charge >= 0.3 is 0 Å². The minimum absolute atomic E-state index is 0.115. The molecular formula is C20H31N3O4. The Hall–Kier alpha value is -1.86. The van der Waals surface area contributed by atoms with Crippen molar-refractivity contribution in [3.05, 3.63) is 23.7 Å². The zero-order chi connectivity index (χ0) is 19.4. The smallest absolute Gasteiger partial charge is 0.289 e. The lowest BCUT2D eigenvalue weighted by Gasteiger charge is -2.48. The van der Waals surface area contributed by atoms with E-state index in [1.807, 2.05) is 11.0 Å². The van der Waals surface area contributed by atoms with Gasteiger partial charge in [0.15, 0.2) is 5.76 Å². The van der Waals surface area contributed by atoms with E-state index in [0.717, 1.165) is 44.7 Å². The fraction of sp³-hybridized carbons (Fsp3) is 0.700. The summed E-state index contributed by atoms with van der Waals surface area (Å²) in [5, 5.41) is 0. The van der Waals surface area contributed by atoms with Gasteiger partial charge in [-0.3, -0.25) is 14.5 Å². The molecule has 1 spiro atoms. The van der Waals surface area contributed by atoms with Crippen molar-refractivity contribution in [3.63, 3.8) is 0 Å². The zero-order valence-corrected chi connectivity index (χ0v) is 16.7. The van der Waals surface area contributed by atoms with E-state index in [2.05, 4.69) is 4.90 Å². The van der Waals surface area contributed by atoms with Crippen LogP contribution in [-0.2, 0) is 16.1 Å². The van der Waals surface area contributed by atoms with Gasteiger partial charge in [-0.1, -0.05) is 0 Å². The zero-order valence-electron chi connectivity index (χ0n) is 16.7. The highest BCUT2D eigenvalue weighted by molar-refractivity contribution is 5.91. The Morgan fingerprint density at radius 2 is 2.11 bits per heavy atom. The van der Waals surface area contributed by atoms with Crippen molar-refractivity contribution in [2.75, 3.05) is 54.0 Å². The molecule has 2 aliphatic heterocycles. The topological polar surface area (TPSA) is 66.2 Å². The van der Waals surface area contributed by atoms with Gasteiger partial charge in [-0.2, -0.15) is 0 Å². The molecule has 1 aromatic heterocycles. The third-order valence-electron chi connectivity index (χ3n) is 5.71. The number of methoxy groups -OCH3 is 1. The van der Waals surface area contributed by atoms with Crippen LogP contribution in [0.5, 0.6) is 0 Å². The maximum atomic E-state index is 12.2. The number of carbonyl (C=O) groups excluding carboxylic acids is 2. The number of hydrogen-bond donors (Lipinski definition) is 0. The first-order valence-electron chi connectivity index (χ1n) is 9.72. The van der Waals surface area contributed by atoms with Gasteiger partial charge in [0.2, 0.25) is 5.91 Å². The predicted octanol–water partition coefficient (Wildman–Crippen LogP) is 1.83. The van der Waals surface area contributed by atoms with Crippen LogP contribution < -0.4 is 0 Å². The Bertz CT molecular complexity index is 672. The molecule has 1 aromatic rings. The number of likely N-dealkylation sites (tertiary alicyclic amines) is 2. The molecule has 0 saturated carbocycles. The summed E-state index contributed by atoms with van der Waals surface area (Å²) in [6.07, 6.45) is 3.85. The lowest BCUT2D eigenvalue weighted by atomic mass is 9.73. The summed E-state index contributed by atoms with van der Waals surface area (Å²) >= 11 is 0. The second-order valence-corrected chi connectivity index (χ2v) is 8.09. The molecule has 150 valence electrons. The highest BCUT2D eigenvalue weighted by Gasteiger charge is 2.41. The number of amides is 2. The SMILES string of the molecule is COCCN1C[C@]2(CCCN(Cc3ccc(C(=O)N(C)C)o3)C2)CCC1=O. The number of nitrogens with zero attached hydrogens (tertiary/aromatic N) is 3. The lowest BCUT2D eigenvalue weighted by Crippen LogP contribution is -2.54. The predicted molar refractivity (Wildman–Crippen MR) is 101 cm³/mol. The van der Waals surface area contributed by atoms with Gasteiger partial charge in [0.05, 0.1) is 13.2 Å². The monoisotopic (exact) mass is 377 g/mol. The van der Waals surface area contributed by atoms with Crippen LogP contribution in [0, 0.1) is 5.41 Å². The minimum atomic E-state index is -0.115. The highest BCUT2D eigenvalue weighted by atomic mass is 16.5. The summed E-state index contributed by atoms with van der Waals surface area (Å²) in [4.78, 5) is 30.1. The Balaban J connectivity index is 1.62. The van der Waals surface area contributed by atoms with E-state index in [4.69, 9.17) is 9.15 Å². The molecule has 2 fully saturated rings. The number of ether oxygens (including phenoxy) is 1. The maximum Gasteiger partial charge on any atom is 0.289 e. The average Bonchev–Trinajstić information content (AvgIpc) is 3.10. The van der Waals surface area contributed by atoms with E-state index in [1.54, 1.807) is 27.3 Å². The second kappa shape index (κ2) is 8.44. The normalized spacial score (nSPS) is 23.8. The van der Waals surface area contributed by atoms with Gasteiger partial charge in [0.1, 0.15) is 5.76 Å². The first-order chi connectivity index (χ1) is 12.9. The molecule has 2 saturated heterocycles. The standard InChI is InChI=1S/C20H31N3O4/c1-21(2)19(25)17-6-5-16(27-17)13-22-10-4-8-20(14-22)9-7-18(24)23(15-20)11-12-26-3/h5-6H,4,7-15H2,1-3H3/t20-/m1/s1. The fourth-order valence-corrected chi connectivity index (χ4v) is 4.30. The van der Waals surface area contributed by atoms with E-state index in [-0.39, 0.29) is 17.2 Å². The molecule has 3 rings (SSSR count). The average molecular weight is 377 g/mol. The summed E-state index contributed by atoms with van der Waals surface area (Å²) in [7, 11) is 5.11. The Morgan fingerprint density at radius 1 is 1.30 bits per heavy atom. The van der Waals surface area contributed by atoms with Crippen LogP contribution in [0.15, 0.2) is 16.5 Å². The number of piperidine rings is 2. The Kier molecular flexibility index (Phi) is 6.22. The lowest BCUT2D eigenvalue weighted by molar-refractivity contribution is -0.140. The third kappa shape index (κ3) is 4.71. The van der Waals surface area contributed by atoms with E-state index in [1.165, 1.54) is 4.90 Å². The molecule has 0 aromatic carbocycles. The van der Waals surface area contributed by atoms with Gasteiger partial charge in [-0.15, -0.1) is 0 Å². The van der Waals surface area contributed by atoms with Crippen molar-refractivity contribution >= 4 is 11.8 Å². The molecular weight excluding hydrogens is 346 g/mol. The van der Waals surface area contributed by atoms with Crippen molar-refractivity contribution in [2.24, 2.45) is 5.41 Å². The first-order valence-corrected chi connectivity index (χ1v) is 9.72. The van der Waals surface area contributed by atoms with E-state index in [0.29, 0.717) is 31.9 Å². The van der Waals surface area contributed by atoms with Crippen molar-refractivity contribution in [1.82, 2.24) is 14.7 Å². The molecule has 0 radical (unpaired) electrons. The van der Waals surface area contributed by atoms with Gasteiger partial charge in [-0.25, -0.2) is 0 Å². The van der Waals surface area contributed by atoms with E-state index >= 15 is 0 Å². The number of rotatable bonds is 6. The van der Waals surface area contributed by atoms with Crippen LogP contribution in [-0.4, -0.2) is 80.5 Å². The second-order valence-electron chi connectivity index (χ2n) is 8.09. The molecule has 0 bridgehead atoms. The molecule has 2 amide bonds. The number of furan rings is 1. The van der Waals surface area contributed by atoms with Crippen LogP contribution in [0.2, 0.25) is 0 Å². The van der Waals surface area contributed by atoms with Crippen LogP contribution in [0.25, 0.3) is 0 Å². The van der Waals surface area contributed by atoms with Crippen LogP contribution in [0.4, 0.5) is 0 Å². The highest BCUT2D eigenvalue weighted by Crippen LogP contribution is 2.39. The van der Waals surface area contributed by atoms with Gasteiger partial charge in [0.25, 0.3) is 5.91 Å². The van der Waals surface area contributed by atoms with Gasteiger partial charge in [-0.05, 0) is 37.9 Å². The minimum Gasteiger partial charge on any atom is -0.455 e. The quantitative estimate of drug-likeness (QED) is 0.757. The van der Waals surface area contributed by atoms with Crippen LogP contribution in [0.3, 0.4) is 0 Å². The molecule has 27 heavy (non-hydrogen) atoms. The molecule has 7 heteroatoms. The van der Waals surface area contributed by atoms with Gasteiger partial charge in [0, 0.05) is 52.7 Å². The van der Waals surface area contributed by atoms with Crippen molar-refractivity contribution < 1.29 is 18.7 Å². The molecule has 0 N–H and O–H groups in total. The Labute approximate surface area is 161 Å². The summed E-state index contributed by atoms with van der Waals surface area (Å²) in [6.45, 7) is 4.75. The van der Waals surface area contributed by atoms with Crippen LogP contribution in [0.1, 0.15) is 42.0 Å². The van der Waals surface area contributed by atoms with Crippen molar-refractivity contribution in [3.8, 4) is 0 Å². The largest absolute Gasteiger partial charge is 0.455 e. The summed E-state index contributed by atoms with van der Waals surface area (Å²) in [6, 6.07) is 3.65. The molecule has 7 nitrogen and oxygen atoms in total. The van der Waals surface area contributed by atoms with E-state index < -0.39 is 0 Å². The van der Waals surface area contributed by atoms with Crippen LogP contribution >= 0.6 is 0 Å². The van der Waals surface area contributed by atoms with E-state index in [9.17, 15) is 9.59 Å². The molecule has 0 aliphatic carbocycles. The third-order valence-corrected chi connectivity index (χ3v) is 5.71. The van der Waals surface area contributed by atoms with Crippen molar-refractivity contribution in [2.45, 2.75) is 32.2 Å². The molecule has 0 unspecified atom stereocenters. The van der Waals surface area contributed by atoms with Gasteiger partial charge < -0.3 is 19.0 Å². The summed E-state index contributed by atoms with van der Waals surface area (Å²) in [5.74, 6) is 1.33. The first kappa shape index (κ1) is 19.9. The fourth-order valence-electron chi connectivity index (χ4n) is 4.30. The number of hydrogen-bond acceptors (Lipinski definition) is 5. The molecule has 1 atom stereocenters. The summed E-state index contributed by atoms with van der Waals surface area (Å²) < 4.78 is 10.9. The van der Waals surface area contributed by atoms with Crippen molar-refractivity contribution in [1.29, 1.82) is 0 Å².